The van der Waals surface area contributed by atoms with Gasteiger partial charge in [0.15, 0.2) is 0 Å². The smallest absolute Gasteiger partial charge is 0.0625 e. The van der Waals surface area contributed by atoms with Crippen molar-refractivity contribution in [3.63, 3.8) is 0 Å². The van der Waals surface area contributed by atoms with Crippen molar-refractivity contribution in [2.45, 2.75) is 0 Å². The number of anilines is 3. The number of benzene rings is 10. The Morgan fingerprint density at radius 1 is 0.246 bits per heavy atom. The number of hydrogen-bond acceptors (Lipinski definition) is 1. The van der Waals surface area contributed by atoms with Crippen LogP contribution in [0.25, 0.3) is 77.2 Å². The molecule has 0 N–H and O–H groups in total. The number of hydrogen-bond donors (Lipinski definition) is 0. The zero-order valence-corrected chi connectivity index (χ0v) is 31.5. The van der Waals surface area contributed by atoms with E-state index in [1.54, 1.807) is 0 Å². The summed E-state index contributed by atoms with van der Waals surface area (Å²) in [5.41, 5.74) is 15.1. The van der Waals surface area contributed by atoms with Gasteiger partial charge in [-0.2, -0.15) is 0 Å². The van der Waals surface area contributed by atoms with Crippen LogP contribution in [-0.2, 0) is 0 Å². The van der Waals surface area contributed by atoms with Crippen molar-refractivity contribution < 1.29 is 0 Å². The molecule has 0 aliphatic carbocycles. The summed E-state index contributed by atoms with van der Waals surface area (Å²) in [5.74, 6) is 0. The van der Waals surface area contributed by atoms with Crippen molar-refractivity contribution in [1.29, 1.82) is 0 Å². The summed E-state index contributed by atoms with van der Waals surface area (Å²) in [6.45, 7) is 0. The first-order valence-corrected chi connectivity index (χ1v) is 19.6. The third-order valence-corrected chi connectivity index (χ3v) is 11.0. The fourth-order valence-electron chi connectivity index (χ4n) is 8.45. The first-order valence-electron chi connectivity index (χ1n) is 19.6. The second-order valence-corrected chi connectivity index (χ2v) is 14.4. The van der Waals surface area contributed by atoms with Crippen LogP contribution in [0, 0.1) is 0 Å². The fraction of sp³-hybridized carbons (Fsp3) is 0. The molecule has 1 heteroatoms. The molecule has 10 aromatic rings. The molecular weight excluding hydrogens is 687 g/mol. The Labute approximate surface area is 334 Å². The van der Waals surface area contributed by atoms with Gasteiger partial charge in [0.25, 0.3) is 0 Å². The summed E-state index contributed by atoms with van der Waals surface area (Å²) < 4.78 is 0. The fourth-order valence-corrected chi connectivity index (χ4v) is 8.45. The lowest BCUT2D eigenvalue weighted by Gasteiger charge is -2.33. The van der Waals surface area contributed by atoms with E-state index in [2.05, 4.69) is 241 Å². The summed E-state index contributed by atoms with van der Waals surface area (Å²) >= 11 is 0. The molecule has 0 aliphatic heterocycles. The summed E-state index contributed by atoms with van der Waals surface area (Å²) in [6.07, 6.45) is 0. The maximum atomic E-state index is 2.55. The van der Waals surface area contributed by atoms with Crippen LogP contribution >= 0.6 is 0 Å². The Balaban J connectivity index is 1.40. The predicted octanol–water partition coefficient (Wildman–Crippen LogP) is 15.8. The maximum Gasteiger partial charge on any atom is 0.0625 e. The molecule has 0 amide bonds. The third-order valence-electron chi connectivity index (χ3n) is 11.0. The Kier molecular flexibility index (Phi) is 8.95. The molecular formula is C56H39N. The van der Waals surface area contributed by atoms with Crippen molar-refractivity contribution in [1.82, 2.24) is 0 Å². The van der Waals surface area contributed by atoms with Crippen LogP contribution in [0.3, 0.4) is 0 Å². The van der Waals surface area contributed by atoms with E-state index in [4.69, 9.17) is 0 Å². The van der Waals surface area contributed by atoms with Crippen molar-refractivity contribution in [2.24, 2.45) is 0 Å². The zero-order valence-electron chi connectivity index (χ0n) is 31.5. The Morgan fingerprint density at radius 2 is 0.632 bits per heavy atom. The van der Waals surface area contributed by atoms with Gasteiger partial charge in [0.05, 0.1) is 11.4 Å². The maximum absolute atomic E-state index is 2.55. The lowest BCUT2D eigenvalue weighted by Crippen LogP contribution is -2.14. The van der Waals surface area contributed by atoms with E-state index in [9.17, 15) is 0 Å². The monoisotopic (exact) mass is 725 g/mol. The van der Waals surface area contributed by atoms with Crippen LogP contribution in [0.2, 0.25) is 0 Å². The van der Waals surface area contributed by atoms with Crippen LogP contribution in [0.5, 0.6) is 0 Å². The molecule has 0 aromatic heterocycles. The van der Waals surface area contributed by atoms with Gasteiger partial charge in [-0.1, -0.05) is 212 Å². The lowest BCUT2D eigenvalue weighted by atomic mass is 9.86. The first kappa shape index (κ1) is 34.0. The highest BCUT2D eigenvalue weighted by molar-refractivity contribution is 6.23. The third kappa shape index (κ3) is 6.36. The second-order valence-electron chi connectivity index (χ2n) is 14.4. The molecule has 0 saturated carbocycles. The van der Waals surface area contributed by atoms with E-state index < -0.39 is 0 Å². The van der Waals surface area contributed by atoms with E-state index in [0.29, 0.717) is 0 Å². The van der Waals surface area contributed by atoms with Crippen molar-refractivity contribution >= 4 is 38.6 Å². The molecule has 0 unspecified atom stereocenters. The van der Waals surface area contributed by atoms with Crippen LogP contribution < -0.4 is 4.90 Å². The minimum Gasteiger partial charge on any atom is -0.309 e. The largest absolute Gasteiger partial charge is 0.309 e. The topological polar surface area (TPSA) is 3.24 Å². The average molecular weight is 726 g/mol. The molecule has 10 aromatic carbocycles. The van der Waals surface area contributed by atoms with Gasteiger partial charge in [-0.05, 0) is 84.9 Å². The SMILES string of the molecule is c1ccc(-c2cc(-c3ccccc3)cc(N(c3ccccc3-c3ccccc3)c3c(-c4ccccc4-c4ccccc4)c4ccccc4c4ccccc34)c2)cc1. The lowest BCUT2D eigenvalue weighted by molar-refractivity contribution is 1.30. The minimum atomic E-state index is 1.08. The summed E-state index contributed by atoms with van der Waals surface area (Å²) in [7, 11) is 0. The first-order chi connectivity index (χ1) is 28.3. The molecule has 0 aliphatic rings. The quantitative estimate of drug-likeness (QED) is 0.141. The Hall–Kier alpha value is -7.48. The van der Waals surface area contributed by atoms with Crippen molar-refractivity contribution in [2.75, 3.05) is 4.90 Å². The van der Waals surface area contributed by atoms with E-state index in [1.165, 1.54) is 54.9 Å². The van der Waals surface area contributed by atoms with Gasteiger partial charge < -0.3 is 4.90 Å². The van der Waals surface area contributed by atoms with Gasteiger partial charge in [0.2, 0.25) is 0 Å². The van der Waals surface area contributed by atoms with Crippen LogP contribution in [-0.4, -0.2) is 0 Å². The average Bonchev–Trinajstić information content (AvgIpc) is 3.30. The van der Waals surface area contributed by atoms with Gasteiger partial charge in [-0.15, -0.1) is 0 Å². The molecule has 57 heavy (non-hydrogen) atoms. The second kappa shape index (κ2) is 15.0. The zero-order chi connectivity index (χ0) is 38.0. The minimum absolute atomic E-state index is 1.08. The molecule has 0 saturated heterocycles. The van der Waals surface area contributed by atoms with Crippen LogP contribution in [0.15, 0.2) is 237 Å². The van der Waals surface area contributed by atoms with Gasteiger partial charge in [-0.3, -0.25) is 0 Å². The normalized spacial score (nSPS) is 11.2. The number of para-hydroxylation sites is 1. The predicted molar refractivity (Wildman–Crippen MR) is 243 cm³/mol. The number of fused-ring (bicyclic) bond motifs is 3. The van der Waals surface area contributed by atoms with Gasteiger partial charge in [-0.25, -0.2) is 0 Å². The van der Waals surface area contributed by atoms with E-state index in [1.807, 2.05) is 0 Å². The molecule has 10 rings (SSSR count). The summed E-state index contributed by atoms with van der Waals surface area (Å²) in [6, 6.07) is 85.9. The highest BCUT2D eigenvalue weighted by atomic mass is 15.1. The molecule has 1 nitrogen and oxygen atoms in total. The van der Waals surface area contributed by atoms with Gasteiger partial charge in [0, 0.05) is 22.2 Å². The van der Waals surface area contributed by atoms with Gasteiger partial charge >= 0.3 is 0 Å². The Bertz CT molecular complexity index is 2930. The van der Waals surface area contributed by atoms with E-state index in [0.717, 1.165) is 39.3 Å². The Morgan fingerprint density at radius 3 is 1.19 bits per heavy atom. The number of rotatable bonds is 8. The molecule has 268 valence electrons. The van der Waals surface area contributed by atoms with Crippen molar-refractivity contribution in [3.05, 3.63) is 237 Å². The molecule has 0 bridgehead atoms. The number of nitrogens with zero attached hydrogens (tertiary/aromatic N) is 1. The molecule has 0 spiro atoms. The van der Waals surface area contributed by atoms with E-state index >= 15 is 0 Å². The van der Waals surface area contributed by atoms with Crippen molar-refractivity contribution in [3.8, 4) is 55.6 Å². The highest BCUT2D eigenvalue weighted by Crippen LogP contribution is 2.53. The summed E-state index contributed by atoms with van der Waals surface area (Å²) in [5, 5.41) is 4.84. The summed E-state index contributed by atoms with van der Waals surface area (Å²) in [4.78, 5) is 2.55. The van der Waals surface area contributed by atoms with Crippen LogP contribution in [0.1, 0.15) is 0 Å². The van der Waals surface area contributed by atoms with Gasteiger partial charge in [0.1, 0.15) is 0 Å². The molecule has 0 radical (unpaired) electrons. The molecule has 0 heterocycles. The van der Waals surface area contributed by atoms with E-state index in [-0.39, 0.29) is 0 Å². The molecule has 0 atom stereocenters. The highest BCUT2D eigenvalue weighted by Gasteiger charge is 2.27. The molecule has 0 fully saturated rings. The standard InChI is InChI=1S/C56H39N/c1-5-21-40(22-6-1)44-37-45(41-23-7-2-8-24-41)39-46(38-44)57(54-36-20-19-30-48(54)43-27-11-4-12-28-43)56-53-35-18-15-32-50(53)49-31-14-17-34-52(49)55(56)51-33-16-13-29-47(51)42-25-9-3-10-26-42/h1-39H. The van der Waals surface area contributed by atoms with Crippen LogP contribution in [0.4, 0.5) is 17.1 Å².